The quantitative estimate of drug-likeness (QED) is 0.404. The number of phenols is 1. The zero-order valence-electron chi connectivity index (χ0n) is 25.5. The average molecular weight is 539 g/mol. The summed E-state index contributed by atoms with van der Waals surface area (Å²) >= 11 is 0. The summed E-state index contributed by atoms with van der Waals surface area (Å²) in [6, 6.07) is 2.49. The Kier molecular flexibility index (Phi) is 4.85. The largest absolute Gasteiger partial charge is 0.508 e. The molecule has 1 nitrogen and oxygen atoms in total. The van der Waals surface area contributed by atoms with Crippen molar-refractivity contribution in [2.45, 2.75) is 152 Å². The Bertz CT molecular complexity index is 1140. The SMILES string of the molecule is CC(C)c1c(O)cc(C23CC4CC(CC(C4)C2)C3)c(C23CC4CC(CC(C4)C2)C3)c1C12CC3CC(CC(C3)C1)C2. The smallest absolute Gasteiger partial charge is 0.119 e. The van der Waals surface area contributed by atoms with Gasteiger partial charge in [0.05, 0.1) is 0 Å². The van der Waals surface area contributed by atoms with Crippen LogP contribution >= 0.6 is 0 Å². The number of rotatable bonds is 4. The highest BCUT2D eigenvalue weighted by molar-refractivity contribution is 5.60. The van der Waals surface area contributed by atoms with Crippen LogP contribution in [0.5, 0.6) is 5.75 Å². The molecular formula is C39H54O. The molecule has 1 aromatic carbocycles. The molecule has 0 radical (unpaired) electrons. The number of aromatic hydroxyl groups is 1. The van der Waals surface area contributed by atoms with E-state index in [1.165, 1.54) is 121 Å². The van der Waals surface area contributed by atoms with Crippen molar-refractivity contribution >= 4 is 0 Å². The molecule has 12 fully saturated rings. The van der Waals surface area contributed by atoms with Gasteiger partial charge in [-0.25, -0.2) is 0 Å². The topological polar surface area (TPSA) is 20.2 Å². The van der Waals surface area contributed by atoms with Crippen LogP contribution < -0.4 is 0 Å². The lowest BCUT2D eigenvalue weighted by atomic mass is 9.41. The molecule has 13 rings (SSSR count). The summed E-state index contributed by atoms with van der Waals surface area (Å²) < 4.78 is 0. The van der Waals surface area contributed by atoms with E-state index < -0.39 is 0 Å². The van der Waals surface area contributed by atoms with Gasteiger partial charge >= 0.3 is 0 Å². The summed E-state index contributed by atoms with van der Waals surface area (Å²) in [6.07, 6.45) is 26.8. The summed E-state index contributed by atoms with van der Waals surface area (Å²) in [6.45, 7) is 4.85. The Labute approximate surface area is 243 Å². The third kappa shape index (κ3) is 3.23. The van der Waals surface area contributed by atoms with Crippen LogP contribution in [0, 0.1) is 53.3 Å². The van der Waals surface area contributed by atoms with Gasteiger partial charge in [-0.3, -0.25) is 0 Å². The molecule has 12 saturated carbocycles. The molecule has 12 aliphatic rings. The van der Waals surface area contributed by atoms with E-state index in [-0.39, 0.29) is 0 Å². The molecule has 0 unspecified atom stereocenters. The van der Waals surface area contributed by atoms with Crippen molar-refractivity contribution in [1.29, 1.82) is 0 Å². The lowest BCUT2D eigenvalue weighted by molar-refractivity contribution is -0.0248. The minimum atomic E-state index is 0.364. The highest BCUT2D eigenvalue weighted by Gasteiger charge is 2.61. The van der Waals surface area contributed by atoms with Crippen molar-refractivity contribution in [3.05, 3.63) is 28.3 Å². The minimum Gasteiger partial charge on any atom is -0.508 e. The number of benzene rings is 1. The second-order valence-corrected chi connectivity index (χ2v) is 18.9. The predicted octanol–water partition coefficient (Wildman–Crippen LogP) is 9.92. The Morgan fingerprint density at radius 3 is 1.12 bits per heavy atom. The third-order valence-electron chi connectivity index (χ3n) is 15.7. The van der Waals surface area contributed by atoms with Gasteiger partial charge in [0, 0.05) is 5.56 Å². The molecule has 0 spiro atoms. The molecule has 0 saturated heterocycles. The van der Waals surface area contributed by atoms with E-state index in [0.717, 1.165) is 59.0 Å². The van der Waals surface area contributed by atoms with Gasteiger partial charge in [0.15, 0.2) is 0 Å². The summed E-state index contributed by atoms with van der Waals surface area (Å²) in [4.78, 5) is 0. The first-order chi connectivity index (χ1) is 19.3. The van der Waals surface area contributed by atoms with Gasteiger partial charge in [0.1, 0.15) is 5.75 Å². The van der Waals surface area contributed by atoms with Crippen LogP contribution in [-0.4, -0.2) is 5.11 Å². The molecule has 0 aromatic heterocycles. The lowest BCUT2D eigenvalue weighted by Crippen LogP contribution is -2.55. The maximum Gasteiger partial charge on any atom is 0.119 e. The maximum atomic E-state index is 12.3. The van der Waals surface area contributed by atoms with Crippen molar-refractivity contribution in [3.63, 3.8) is 0 Å². The van der Waals surface area contributed by atoms with Crippen LogP contribution in [0.15, 0.2) is 6.07 Å². The summed E-state index contributed by atoms with van der Waals surface area (Å²) in [5.41, 5.74) is 8.14. The summed E-state index contributed by atoms with van der Waals surface area (Å²) in [5, 5.41) is 12.3. The van der Waals surface area contributed by atoms with Crippen LogP contribution in [0.3, 0.4) is 0 Å². The monoisotopic (exact) mass is 538 g/mol. The van der Waals surface area contributed by atoms with E-state index >= 15 is 0 Å². The Morgan fingerprint density at radius 2 is 0.800 bits per heavy atom. The van der Waals surface area contributed by atoms with Crippen LogP contribution in [0.2, 0.25) is 0 Å². The van der Waals surface area contributed by atoms with Crippen LogP contribution in [-0.2, 0) is 16.2 Å². The predicted molar refractivity (Wildman–Crippen MR) is 162 cm³/mol. The zero-order valence-corrected chi connectivity index (χ0v) is 25.5. The van der Waals surface area contributed by atoms with E-state index in [1.54, 1.807) is 5.56 Å². The van der Waals surface area contributed by atoms with E-state index in [1.807, 2.05) is 11.1 Å². The first kappa shape index (κ1) is 24.5. The second-order valence-electron chi connectivity index (χ2n) is 18.9. The highest BCUT2D eigenvalue weighted by atomic mass is 16.3. The standard InChI is InChI=1S/C39H54O/c1-22(2)34-33(40)12-32(37-13-23-3-24(14-37)5-25(4-23)15-37)35(38-16-26-6-27(17-38)8-28(7-26)18-38)36(34)39-19-29-9-30(20-39)11-31(10-29)21-39/h12,22-31,40H,3-11,13-21H2,1-2H3. The van der Waals surface area contributed by atoms with Gasteiger partial charge in [-0.1, -0.05) is 13.8 Å². The second kappa shape index (κ2) is 7.94. The van der Waals surface area contributed by atoms with Crippen LogP contribution in [0.4, 0.5) is 0 Å². The van der Waals surface area contributed by atoms with Crippen molar-refractivity contribution in [3.8, 4) is 5.75 Å². The Balaban J connectivity index is 1.26. The summed E-state index contributed by atoms with van der Waals surface area (Å²) in [7, 11) is 0. The highest BCUT2D eigenvalue weighted by Crippen LogP contribution is 2.70. The maximum absolute atomic E-state index is 12.3. The van der Waals surface area contributed by atoms with Crippen LogP contribution in [0.1, 0.15) is 158 Å². The van der Waals surface area contributed by atoms with Crippen molar-refractivity contribution in [1.82, 2.24) is 0 Å². The molecule has 12 aliphatic carbocycles. The minimum absolute atomic E-state index is 0.364. The zero-order chi connectivity index (χ0) is 26.6. The normalized spacial score (nSPS) is 52.8. The van der Waals surface area contributed by atoms with E-state index in [9.17, 15) is 5.11 Å². The van der Waals surface area contributed by atoms with Gasteiger partial charge in [-0.2, -0.15) is 0 Å². The number of hydrogen-bond acceptors (Lipinski definition) is 1. The van der Waals surface area contributed by atoms with Crippen LogP contribution in [0.25, 0.3) is 0 Å². The van der Waals surface area contributed by atoms with Crippen molar-refractivity contribution < 1.29 is 5.11 Å². The molecule has 0 atom stereocenters. The molecule has 1 aromatic rings. The Hall–Kier alpha value is -0.980. The van der Waals surface area contributed by atoms with Crippen molar-refractivity contribution in [2.75, 3.05) is 0 Å². The first-order valence-electron chi connectivity index (χ1n) is 18.2. The molecular weight excluding hydrogens is 484 g/mol. The average Bonchev–Trinajstić information content (AvgIpc) is 2.85. The number of hydrogen-bond donors (Lipinski definition) is 1. The molecule has 216 valence electrons. The third-order valence-corrected chi connectivity index (χ3v) is 15.7. The van der Waals surface area contributed by atoms with Gasteiger partial charge in [-0.15, -0.1) is 0 Å². The van der Waals surface area contributed by atoms with Gasteiger partial charge in [-0.05, 0) is 214 Å². The Morgan fingerprint density at radius 1 is 0.500 bits per heavy atom. The van der Waals surface area contributed by atoms with Gasteiger partial charge in [0.2, 0.25) is 0 Å². The van der Waals surface area contributed by atoms with E-state index in [2.05, 4.69) is 19.9 Å². The molecule has 0 amide bonds. The molecule has 12 bridgehead atoms. The van der Waals surface area contributed by atoms with Gasteiger partial charge < -0.3 is 5.11 Å². The molecule has 0 aliphatic heterocycles. The summed E-state index contributed by atoms with van der Waals surface area (Å²) in [5.74, 6) is 9.85. The number of phenolic OH excluding ortho intramolecular Hbond substituents is 1. The lowest BCUT2D eigenvalue weighted by Gasteiger charge is -2.63. The molecule has 1 heteroatoms. The first-order valence-corrected chi connectivity index (χ1v) is 18.2. The fraction of sp³-hybridized carbons (Fsp3) is 0.846. The van der Waals surface area contributed by atoms with Gasteiger partial charge in [0.25, 0.3) is 0 Å². The van der Waals surface area contributed by atoms with E-state index in [4.69, 9.17) is 0 Å². The fourth-order valence-electron chi connectivity index (χ4n) is 16.1. The molecule has 40 heavy (non-hydrogen) atoms. The van der Waals surface area contributed by atoms with E-state index in [0.29, 0.717) is 22.2 Å². The fourth-order valence-corrected chi connectivity index (χ4v) is 16.1. The van der Waals surface area contributed by atoms with Crippen molar-refractivity contribution in [2.24, 2.45) is 53.3 Å². The molecule has 0 heterocycles. The molecule has 1 N–H and O–H groups in total.